The Morgan fingerprint density at radius 3 is 1.81 bits per heavy atom. The van der Waals surface area contributed by atoms with Crippen molar-refractivity contribution in [2.75, 3.05) is 27.4 Å². The van der Waals surface area contributed by atoms with E-state index in [2.05, 4.69) is 0 Å². The largest absolute Gasteiger partial charge is 0.465 e. The third-order valence-electron chi connectivity index (χ3n) is 17.3. The number of aliphatic hydroxyl groups is 1. The van der Waals surface area contributed by atoms with Gasteiger partial charge in [0.25, 0.3) is 15.4 Å². The molecule has 0 bridgehead atoms. The van der Waals surface area contributed by atoms with Gasteiger partial charge in [-0.1, -0.05) is 123 Å². The molecular formula is C60H90Cl3NO22. The van der Waals surface area contributed by atoms with Crippen LogP contribution in [0.3, 0.4) is 0 Å². The molecule has 0 aromatic heterocycles. The molecule has 86 heavy (non-hydrogen) atoms. The maximum absolute atomic E-state index is 13.9. The number of halogens is 3. The molecule has 0 aliphatic carbocycles. The Labute approximate surface area is 519 Å². The van der Waals surface area contributed by atoms with Crippen LogP contribution in [0.25, 0.3) is 0 Å². The maximum Gasteiger partial charge on any atom is 0.366 e. The summed E-state index contributed by atoms with van der Waals surface area (Å²) in [5.74, 6) is -11.4. The van der Waals surface area contributed by atoms with Gasteiger partial charge in [-0.05, 0) is 67.4 Å². The van der Waals surface area contributed by atoms with Crippen molar-refractivity contribution in [2.45, 2.75) is 218 Å². The first-order valence-electron chi connectivity index (χ1n) is 28.9. The molecule has 23 nitrogen and oxygen atoms in total. The van der Waals surface area contributed by atoms with E-state index in [0.717, 1.165) is 0 Å². The van der Waals surface area contributed by atoms with Crippen LogP contribution < -0.4 is 0 Å². The summed E-state index contributed by atoms with van der Waals surface area (Å²) in [5, 5.41) is 19.1. The second-order valence-electron chi connectivity index (χ2n) is 23.1. The lowest BCUT2D eigenvalue weighted by Gasteiger charge is -2.51. The Morgan fingerprint density at radius 1 is 0.721 bits per heavy atom. The number of fused-ring (bicyclic) bond motifs is 1. The van der Waals surface area contributed by atoms with Crippen molar-refractivity contribution in [1.82, 2.24) is 0 Å². The van der Waals surface area contributed by atoms with Crippen molar-refractivity contribution in [1.29, 1.82) is 5.41 Å². The fraction of sp³-hybridized carbons (Fsp3) is 0.767. The molecule has 1 aromatic carbocycles. The van der Waals surface area contributed by atoms with E-state index in [1.165, 1.54) is 47.1 Å². The molecule has 0 saturated carbocycles. The molecule has 0 radical (unpaired) electrons. The van der Waals surface area contributed by atoms with Gasteiger partial charge >= 0.3 is 41.8 Å². The molecule has 5 aliphatic rings. The van der Waals surface area contributed by atoms with Crippen molar-refractivity contribution in [3.8, 4) is 0 Å². The minimum absolute atomic E-state index is 0. The zero-order valence-electron chi connectivity index (χ0n) is 51.0. The number of aliphatic hydroxyl groups excluding tert-OH is 1. The van der Waals surface area contributed by atoms with Gasteiger partial charge in [-0.15, -0.1) is 0 Å². The molecule has 2 N–H and O–H groups in total. The monoisotopic (exact) mass is 1280 g/mol. The summed E-state index contributed by atoms with van der Waals surface area (Å²) in [6.45, 7) is 22.4. The third kappa shape index (κ3) is 17.9. The van der Waals surface area contributed by atoms with Crippen LogP contribution in [0, 0.1) is 52.8 Å². The van der Waals surface area contributed by atoms with Crippen LogP contribution in [0.4, 0.5) is 0 Å². The number of esters is 7. The van der Waals surface area contributed by atoms with E-state index < -0.39 is 142 Å². The Hall–Kier alpha value is -4.43. The van der Waals surface area contributed by atoms with Crippen LogP contribution in [0.2, 0.25) is 0 Å². The van der Waals surface area contributed by atoms with Crippen molar-refractivity contribution in [3.05, 3.63) is 35.9 Å². The zero-order valence-corrected chi connectivity index (χ0v) is 53.3. The van der Waals surface area contributed by atoms with Crippen molar-refractivity contribution in [3.63, 3.8) is 0 Å². The van der Waals surface area contributed by atoms with E-state index in [9.17, 15) is 38.7 Å². The second kappa shape index (κ2) is 31.8. The Kier molecular flexibility index (Phi) is 27.4. The maximum atomic E-state index is 13.9. The Bertz CT molecular complexity index is 2470. The van der Waals surface area contributed by atoms with Crippen molar-refractivity contribution in [2.24, 2.45) is 47.3 Å². The quantitative estimate of drug-likeness (QED) is 0.0407. The molecule has 22 atom stereocenters. The Morgan fingerprint density at radius 2 is 1.28 bits per heavy atom. The molecule has 5 fully saturated rings. The highest BCUT2D eigenvalue weighted by molar-refractivity contribution is 6.76. The van der Waals surface area contributed by atoms with Gasteiger partial charge in [-0.3, -0.25) is 24.6 Å². The van der Waals surface area contributed by atoms with Crippen LogP contribution in [0.5, 0.6) is 0 Å². The van der Waals surface area contributed by atoms with E-state index in [0.29, 0.717) is 12.8 Å². The molecule has 6 unspecified atom stereocenters. The van der Waals surface area contributed by atoms with Crippen LogP contribution in [0.15, 0.2) is 30.3 Å². The number of ether oxygens (including phenoxy) is 14. The number of alkyl halides is 3. The van der Waals surface area contributed by atoms with E-state index in [1.54, 1.807) is 25.1 Å². The van der Waals surface area contributed by atoms with Crippen molar-refractivity contribution < 1.29 is 105 Å². The number of carbonyl (C=O) groups is 7. The van der Waals surface area contributed by atoms with Gasteiger partial charge in [0.05, 0.1) is 51.4 Å². The number of benzene rings is 1. The fourth-order valence-electron chi connectivity index (χ4n) is 11.4. The normalized spacial score (nSPS) is 34.7. The molecular weight excluding hydrogens is 1190 g/mol. The Balaban J connectivity index is 0.000000386. The summed E-state index contributed by atoms with van der Waals surface area (Å²) in [6, 6.07) is 8.02. The molecule has 1 aromatic rings. The smallest absolute Gasteiger partial charge is 0.366 e. The summed E-state index contributed by atoms with van der Waals surface area (Å²) in [7, 11) is 2.39. The van der Waals surface area contributed by atoms with Gasteiger partial charge in [0.1, 0.15) is 55.4 Å². The van der Waals surface area contributed by atoms with Crippen LogP contribution in [-0.2, 0) is 95.1 Å². The highest BCUT2D eigenvalue weighted by Gasteiger charge is 2.62. The lowest BCUT2D eigenvalue weighted by molar-refractivity contribution is -0.357. The molecule has 0 spiro atoms. The first-order chi connectivity index (χ1) is 39.8. The first kappa shape index (κ1) is 74.0. The molecule has 5 saturated heterocycles. The van der Waals surface area contributed by atoms with Crippen LogP contribution in [-0.4, -0.2) is 169 Å². The number of hydrogen-bond acceptors (Lipinski definition) is 23. The van der Waals surface area contributed by atoms with E-state index in [-0.39, 0.29) is 87.1 Å². The molecule has 0 amide bonds. The number of methoxy groups -OCH3 is 2. The van der Waals surface area contributed by atoms with Gasteiger partial charge in [0.2, 0.25) is 12.2 Å². The number of nitrogens with one attached hydrogen (secondary N) is 1. The van der Waals surface area contributed by atoms with Gasteiger partial charge in [-0.25, -0.2) is 14.4 Å². The van der Waals surface area contributed by atoms with Crippen molar-refractivity contribution >= 4 is 82.5 Å². The standard InChI is InChI=1S/C34H46Cl3NO12.C25H40O10.CH4/c1-9-17(2)25(45-22(7)40)26-19(4)18(3)15-33(49-26,32(42)43-8)50-27-20(5)24(16-44-21(6)39)46-30(48-31(38)34(35,36)37)28(27)47-29(41)23-13-11-10-12-14-23;1-8-12(2)22(33-16(6)26)23-17-9-20(27)34-18(17)10-25(35-23,24(29)30-7)31-11-19-21(28)14(4)13(3)15(5)32-19;/h10-14,17-20,24-28,30,38H,9,15-16H2,1-8H3;12-15,17-19,21-23,28H,8-11H2,1-7H3;1H4/t17-,18-,19-,20+,24+,25-,26?,27?,28?,30+,33+;12-,13?,14-,15+,17-,18-,19?,21-,22-,23?,25-;/m11./s1. The van der Waals surface area contributed by atoms with Gasteiger partial charge in [0, 0.05) is 39.0 Å². The molecule has 488 valence electrons. The zero-order chi connectivity index (χ0) is 63.6. The molecule has 6 rings (SSSR count). The van der Waals surface area contributed by atoms with Gasteiger partial charge in [-0.2, -0.15) is 0 Å². The summed E-state index contributed by atoms with van der Waals surface area (Å²) in [4.78, 5) is 88.8. The van der Waals surface area contributed by atoms with Crippen LogP contribution >= 0.6 is 34.8 Å². The van der Waals surface area contributed by atoms with Gasteiger partial charge in [0.15, 0.2) is 6.10 Å². The van der Waals surface area contributed by atoms with Gasteiger partial charge < -0.3 is 71.4 Å². The lowest BCUT2D eigenvalue weighted by atomic mass is 9.77. The third-order valence-corrected chi connectivity index (χ3v) is 17.8. The topological polar surface area (TPSA) is 293 Å². The number of hydrogen-bond donors (Lipinski definition) is 2. The predicted octanol–water partition coefficient (Wildman–Crippen LogP) is 8.42. The fourth-order valence-corrected chi connectivity index (χ4v) is 11.5. The molecule has 5 aliphatic heterocycles. The highest BCUT2D eigenvalue weighted by atomic mass is 35.6. The summed E-state index contributed by atoms with van der Waals surface area (Å²) in [6.07, 6.45) is -9.71. The van der Waals surface area contributed by atoms with Crippen LogP contribution in [0.1, 0.15) is 140 Å². The summed E-state index contributed by atoms with van der Waals surface area (Å²) >= 11 is 17.8. The minimum atomic E-state index is -2.34. The SMILES string of the molecule is C.CC[C@@H](C)[C@@H](OC(C)=O)C1O[C@@](OC2C(OC(=O)c3ccccc3)[C@H](OC(=N)C(Cl)(Cl)Cl)O[C@@H](COC(C)=O)[C@@H]2C)(C(=O)OC)C[C@@H](C)[C@H]1C.CC[C@@H](C)[C@@H](OC(C)=O)C1O[C@@](OCC2O[C@@H](C)C(C)[C@@H](C)[C@H]2O)(C(=O)OC)C[C@H]2OC(=O)C[C@@H]12. The average molecular weight is 1280 g/mol. The van der Waals surface area contributed by atoms with E-state index in [4.69, 9.17) is 107 Å². The minimum Gasteiger partial charge on any atom is -0.465 e. The first-order valence-corrected chi connectivity index (χ1v) is 30.0. The van der Waals surface area contributed by atoms with E-state index in [1.807, 2.05) is 62.3 Å². The second-order valence-corrected chi connectivity index (χ2v) is 25.4. The average Bonchev–Trinajstić information content (AvgIpc) is 1.26. The number of rotatable bonds is 20. The summed E-state index contributed by atoms with van der Waals surface area (Å²) < 4.78 is 79.6. The van der Waals surface area contributed by atoms with E-state index >= 15 is 0 Å². The summed E-state index contributed by atoms with van der Waals surface area (Å²) in [5.41, 5.74) is 0.160. The number of carbonyl (C=O) groups excluding carboxylic acids is 7. The lowest BCUT2D eigenvalue weighted by Crippen LogP contribution is -2.65. The predicted molar refractivity (Wildman–Crippen MR) is 310 cm³/mol. The highest BCUT2D eigenvalue weighted by Crippen LogP contribution is 2.47. The molecule has 5 heterocycles. The molecule has 26 heteroatoms.